The maximum Gasteiger partial charge on any atom is 0.176 e. The predicted molar refractivity (Wildman–Crippen MR) is 77.6 cm³/mol. The Morgan fingerprint density at radius 3 is 2.58 bits per heavy atom. The van der Waals surface area contributed by atoms with Gasteiger partial charge in [-0.2, -0.15) is 0 Å². The normalized spacial score (nSPS) is 26.6. The zero-order valence-electron chi connectivity index (χ0n) is 12.0. The second kappa shape index (κ2) is 5.09. The van der Waals surface area contributed by atoms with Crippen LogP contribution < -0.4 is 0 Å². The van der Waals surface area contributed by atoms with Crippen LogP contribution in [0, 0.1) is 11.8 Å². The summed E-state index contributed by atoms with van der Waals surface area (Å²) in [5.41, 5.74) is 3.75. The van der Waals surface area contributed by atoms with Crippen LogP contribution in [0.5, 0.6) is 0 Å². The molecular formula is C17H23NO. The van der Waals surface area contributed by atoms with Gasteiger partial charge in [0.15, 0.2) is 5.78 Å². The first kappa shape index (κ1) is 12.9. The summed E-state index contributed by atoms with van der Waals surface area (Å²) in [6.07, 6.45) is 3.58. The summed E-state index contributed by atoms with van der Waals surface area (Å²) in [5.74, 6) is 1.72. The zero-order chi connectivity index (χ0) is 13.4. The van der Waals surface area contributed by atoms with Crippen molar-refractivity contribution in [2.45, 2.75) is 33.1 Å². The van der Waals surface area contributed by atoms with Crippen LogP contribution in [-0.2, 0) is 12.8 Å². The third-order valence-corrected chi connectivity index (χ3v) is 4.85. The molecule has 1 fully saturated rings. The number of rotatable bonds is 3. The molecule has 2 nitrogen and oxygen atoms in total. The Labute approximate surface area is 115 Å². The maximum atomic E-state index is 12.4. The van der Waals surface area contributed by atoms with Gasteiger partial charge in [0, 0.05) is 18.7 Å². The molecule has 0 amide bonds. The lowest BCUT2D eigenvalue weighted by molar-refractivity contribution is 0.0942. The smallest absolute Gasteiger partial charge is 0.176 e. The summed E-state index contributed by atoms with van der Waals surface area (Å²) in [6, 6.07) is 6.31. The Morgan fingerprint density at radius 2 is 1.84 bits per heavy atom. The lowest BCUT2D eigenvalue weighted by atomic mass is 10.0. The molecule has 1 aromatic carbocycles. The molecule has 2 aliphatic rings. The number of nitrogens with zero attached hydrogens (tertiary/aromatic N) is 1. The average molecular weight is 257 g/mol. The van der Waals surface area contributed by atoms with Crippen LogP contribution in [0.25, 0.3) is 0 Å². The lowest BCUT2D eigenvalue weighted by Gasteiger charge is -2.14. The highest BCUT2D eigenvalue weighted by molar-refractivity contribution is 5.97. The van der Waals surface area contributed by atoms with E-state index < -0.39 is 0 Å². The van der Waals surface area contributed by atoms with Crippen molar-refractivity contribution >= 4 is 5.78 Å². The number of aryl methyl sites for hydroxylation is 2. The number of carbonyl (C=O) groups is 1. The van der Waals surface area contributed by atoms with E-state index in [9.17, 15) is 4.79 Å². The minimum atomic E-state index is 0.288. The Balaban J connectivity index is 1.68. The van der Waals surface area contributed by atoms with Gasteiger partial charge in [-0.1, -0.05) is 26.0 Å². The van der Waals surface area contributed by atoms with E-state index in [0.717, 1.165) is 25.1 Å². The number of hydrogen-bond donors (Lipinski definition) is 0. The fraction of sp³-hybridized carbons (Fsp3) is 0.588. The highest BCUT2D eigenvalue weighted by Gasteiger charge is 2.27. The monoisotopic (exact) mass is 257 g/mol. The van der Waals surface area contributed by atoms with Crippen molar-refractivity contribution in [3.63, 3.8) is 0 Å². The molecule has 2 unspecified atom stereocenters. The standard InChI is InChI=1S/C17H23NO/c1-12-9-18(10-13(12)2)11-17(19)16-7-6-14-4-3-5-15(14)8-16/h6-8,12-13H,3-5,9-11H2,1-2H3. The molecule has 3 rings (SSSR count). The van der Waals surface area contributed by atoms with Gasteiger partial charge in [-0.05, 0) is 48.3 Å². The summed E-state index contributed by atoms with van der Waals surface area (Å²) in [6.45, 7) is 7.29. The molecule has 0 N–H and O–H groups in total. The van der Waals surface area contributed by atoms with Crippen molar-refractivity contribution in [2.75, 3.05) is 19.6 Å². The summed E-state index contributed by atoms with van der Waals surface area (Å²) in [7, 11) is 0. The van der Waals surface area contributed by atoms with Gasteiger partial charge in [0.05, 0.1) is 6.54 Å². The zero-order valence-corrected chi connectivity index (χ0v) is 12.0. The third-order valence-electron chi connectivity index (χ3n) is 4.85. The molecule has 102 valence electrons. The molecule has 1 aliphatic heterocycles. The predicted octanol–water partition coefficient (Wildman–Crippen LogP) is 2.95. The van der Waals surface area contributed by atoms with Gasteiger partial charge in [0.25, 0.3) is 0 Å². The molecule has 0 saturated carbocycles. The van der Waals surface area contributed by atoms with Crippen LogP contribution in [0.1, 0.15) is 41.8 Å². The van der Waals surface area contributed by atoms with Crippen LogP contribution >= 0.6 is 0 Å². The van der Waals surface area contributed by atoms with E-state index in [-0.39, 0.29) is 5.78 Å². The van der Waals surface area contributed by atoms with Crippen molar-refractivity contribution in [3.05, 3.63) is 34.9 Å². The summed E-state index contributed by atoms with van der Waals surface area (Å²) >= 11 is 0. The molecule has 2 atom stereocenters. The molecule has 1 saturated heterocycles. The Bertz CT molecular complexity index is 484. The fourth-order valence-corrected chi connectivity index (χ4v) is 3.42. The van der Waals surface area contributed by atoms with Crippen LogP contribution in [0.2, 0.25) is 0 Å². The SMILES string of the molecule is CC1CN(CC(=O)c2ccc3c(c2)CCC3)CC1C. The van der Waals surface area contributed by atoms with Crippen LogP contribution in [0.3, 0.4) is 0 Å². The van der Waals surface area contributed by atoms with E-state index >= 15 is 0 Å². The van der Waals surface area contributed by atoms with Crippen molar-refractivity contribution in [1.29, 1.82) is 0 Å². The van der Waals surface area contributed by atoms with Crippen LogP contribution in [-0.4, -0.2) is 30.3 Å². The maximum absolute atomic E-state index is 12.4. The number of fused-ring (bicyclic) bond motifs is 1. The van der Waals surface area contributed by atoms with Crippen LogP contribution in [0.15, 0.2) is 18.2 Å². The first-order valence-corrected chi connectivity index (χ1v) is 7.51. The van der Waals surface area contributed by atoms with E-state index in [4.69, 9.17) is 0 Å². The van der Waals surface area contributed by atoms with E-state index in [1.54, 1.807) is 0 Å². The Morgan fingerprint density at radius 1 is 1.16 bits per heavy atom. The Hall–Kier alpha value is -1.15. The average Bonchev–Trinajstić information content (AvgIpc) is 2.96. The number of Topliss-reactive ketones (excluding diaryl/α,β-unsaturated/α-hetero) is 1. The molecule has 1 aromatic rings. The van der Waals surface area contributed by atoms with Crippen molar-refractivity contribution in [3.8, 4) is 0 Å². The van der Waals surface area contributed by atoms with Crippen molar-refractivity contribution in [2.24, 2.45) is 11.8 Å². The fourth-order valence-electron chi connectivity index (χ4n) is 3.42. The van der Waals surface area contributed by atoms with E-state index in [2.05, 4.69) is 30.9 Å². The second-order valence-corrected chi connectivity index (χ2v) is 6.41. The van der Waals surface area contributed by atoms with Crippen LogP contribution in [0.4, 0.5) is 0 Å². The molecule has 0 radical (unpaired) electrons. The summed E-state index contributed by atoms with van der Waals surface area (Å²) < 4.78 is 0. The molecule has 0 aromatic heterocycles. The Kier molecular flexibility index (Phi) is 3.44. The third kappa shape index (κ3) is 2.59. The molecule has 2 heteroatoms. The van der Waals surface area contributed by atoms with Crippen molar-refractivity contribution in [1.82, 2.24) is 4.90 Å². The number of likely N-dealkylation sites (tertiary alicyclic amines) is 1. The second-order valence-electron chi connectivity index (χ2n) is 6.41. The lowest BCUT2D eigenvalue weighted by Crippen LogP contribution is -2.28. The highest BCUT2D eigenvalue weighted by atomic mass is 16.1. The number of carbonyl (C=O) groups excluding carboxylic acids is 1. The largest absolute Gasteiger partial charge is 0.295 e. The quantitative estimate of drug-likeness (QED) is 0.776. The van der Waals surface area contributed by atoms with Gasteiger partial charge in [0.2, 0.25) is 0 Å². The minimum absolute atomic E-state index is 0.288. The van der Waals surface area contributed by atoms with Gasteiger partial charge < -0.3 is 0 Å². The van der Waals surface area contributed by atoms with Gasteiger partial charge in [0.1, 0.15) is 0 Å². The van der Waals surface area contributed by atoms with Gasteiger partial charge >= 0.3 is 0 Å². The first-order chi connectivity index (χ1) is 9.13. The molecule has 19 heavy (non-hydrogen) atoms. The number of benzene rings is 1. The molecule has 0 spiro atoms. The van der Waals surface area contributed by atoms with E-state index in [1.165, 1.54) is 24.0 Å². The topological polar surface area (TPSA) is 20.3 Å². The highest BCUT2D eigenvalue weighted by Crippen LogP contribution is 2.24. The van der Waals surface area contributed by atoms with E-state index in [0.29, 0.717) is 18.4 Å². The molecule has 0 bridgehead atoms. The number of ketones is 1. The molecular weight excluding hydrogens is 234 g/mol. The minimum Gasteiger partial charge on any atom is -0.295 e. The van der Waals surface area contributed by atoms with Gasteiger partial charge in [-0.15, -0.1) is 0 Å². The number of hydrogen-bond acceptors (Lipinski definition) is 2. The summed E-state index contributed by atoms with van der Waals surface area (Å²) in [4.78, 5) is 14.7. The van der Waals surface area contributed by atoms with Gasteiger partial charge in [-0.25, -0.2) is 0 Å². The van der Waals surface area contributed by atoms with E-state index in [1.807, 2.05) is 6.07 Å². The molecule has 1 aliphatic carbocycles. The van der Waals surface area contributed by atoms with Gasteiger partial charge in [-0.3, -0.25) is 9.69 Å². The molecule has 1 heterocycles. The summed E-state index contributed by atoms with van der Waals surface area (Å²) in [5, 5.41) is 0. The first-order valence-electron chi connectivity index (χ1n) is 7.51. The van der Waals surface area contributed by atoms with Crippen molar-refractivity contribution < 1.29 is 4.79 Å².